The normalized spacial score (nSPS) is 20.1. The van der Waals surface area contributed by atoms with Gasteiger partial charge in [0.15, 0.2) is 0 Å². The number of anilines is 1. The van der Waals surface area contributed by atoms with Crippen molar-refractivity contribution in [1.29, 1.82) is 0 Å². The number of aryl methyl sites for hydroxylation is 1. The molecule has 1 aliphatic rings. The summed E-state index contributed by atoms with van der Waals surface area (Å²) in [5.74, 6) is 0.702. The van der Waals surface area contributed by atoms with Gasteiger partial charge in [0.25, 0.3) is 0 Å². The van der Waals surface area contributed by atoms with Crippen LogP contribution in [0.2, 0.25) is 0 Å². The molecular weight excluding hydrogens is 234 g/mol. The highest BCUT2D eigenvalue weighted by Gasteiger charge is 2.22. The third-order valence-corrected chi connectivity index (χ3v) is 4.21. The van der Waals surface area contributed by atoms with Crippen molar-refractivity contribution in [2.24, 2.45) is 5.92 Å². The fourth-order valence-electron chi connectivity index (χ4n) is 2.85. The quantitative estimate of drug-likeness (QED) is 0.766. The third-order valence-electron chi connectivity index (χ3n) is 4.21. The maximum atomic E-state index is 12.1. The molecule has 0 amide bonds. The van der Waals surface area contributed by atoms with Gasteiger partial charge in [0.2, 0.25) is 0 Å². The van der Waals surface area contributed by atoms with Crippen LogP contribution in [0.4, 0.5) is 5.69 Å². The summed E-state index contributed by atoms with van der Waals surface area (Å²) in [7, 11) is 2.10. The van der Waals surface area contributed by atoms with Crippen molar-refractivity contribution in [3.05, 3.63) is 29.8 Å². The lowest BCUT2D eigenvalue weighted by molar-refractivity contribution is -0.122. The molecule has 0 radical (unpaired) electrons. The predicted octanol–water partition coefficient (Wildman–Crippen LogP) is 3.83. The standard InChI is InChI=1S/C17H25NO/c1-3-14-9-11-16(12-10-14)18(2)13-15-7-5-4-6-8-17(15)19/h9-12,15H,3-8,13H2,1-2H3. The predicted molar refractivity (Wildman–Crippen MR) is 80.7 cm³/mol. The first-order valence-electron chi connectivity index (χ1n) is 7.53. The van der Waals surface area contributed by atoms with Gasteiger partial charge in [-0.15, -0.1) is 0 Å². The van der Waals surface area contributed by atoms with Crippen LogP contribution in [0.5, 0.6) is 0 Å². The van der Waals surface area contributed by atoms with E-state index >= 15 is 0 Å². The van der Waals surface area contributed by atoms with Crippen LogP contribution < -0.4 is 4.90 Å². The molecule has 1 aliphatic carbocycles. The lowest BCUT2D eigenvalue weighted by Crippen LogP contribution is -2.29. The van der Waals surface area contributed by atoms with Gasteiger partial charge in [-0.2, -0.15) is 0 Å². The second kappa shape index (κ2) is 6.74. The molecule has 0 saturated heterocycles. The van der Waals surface area contributed by atoms with E-state index in [0.717, 1.165) is 32.2 Å². The van der Waals surface area contributed by atoms with Gasteiger partial charge < -0.3 is 4.90 Å². The smallest absolute Gasteiger partial charge is 0.137 e. The molecule has 2 heteroatoms. The van der Waals surface area contributed by atoms with Gasteiger partial charge in [0.1, 0.15) is 5.78 Å². The van der Waals surface area contributed by atoms with Crippen LogP contribution in [0.15, 0.2) is 24.3 Å². The summed E-state index contributed by atoms with van der Waals surface area (Å²) in [6.07, 6.45) is 6.44. The Hall–Kier alpha value is -1.31. The van der Waals surface area contributed by atoms with Crippen LogP contribution >= 0.6 is 0 Å². The molecule has 0 heterocycles. The van der Waals surface area contributed by atoms with Crippen molar-refractivity contribution in [2.45, 2.75) is 45.4 Å². The number of hydrogen-bond acceptors (Lipinski definition) is 2. The molecule has 0 N–H and O–H groups in total. The van der Waals surface area contributed by atoms with Crippen LogP contribution in [-0.4, -0.2) is 19.4 Å². The zero-order chi connectivity index (χ0) is 13.7. The highest BCUT2D eigenvalue weighted by atomic mass is 16.1. The van der Waals surface area contributed by atoms with E-state index < -0.39 is 0 Å². The average molecular weight is 259 g/mol. The summed E-state index contributed by atoms with van der Waals surface area (Å²) >= 11 is 0. The van der Waals surface area contributed by atoms with E-state index in [0.29, 0.717) is 5.78 Å². The van der Waals surface area contributed by atoms with Gasteiger partial charge in [0, 0.05) is 31.6 Å². The SMILES string of the molecule is CCc1ccc(N(C)CC2CCCCCC2=O)cc1. The molecule has 19 heavy (non-hydrogen) atoms. The highest BCUT2D eigenvalue weighted by molar-refractivity contribution is 5.81. The van der Waals surface area contributed by atoms with E-state index in [2.05, 4.69) is 43.1 Å². The fraction of sp³-hybridized carbons (Fsp3) is 0.588. The van der Waals surface area contributed by atoms with Crippen LogP contribution in [0.25, 0.3) is 0 Å². The number of hydrogen-bond donors (Lipinski definition) is 0. The van der Waals surface area contributed by atoms with Crippen molar-refractivity contribution in [2.75, 3.05) is 18.5 Å². The second-order valence-electron chi connectivity index (χ2n) is 5.66. The van der Waals surface area contributed by atoms with Crippen LogP contribution in [0.3, 0.4) is 0 Å². The van der Waals surface area contributed by atoms with Crippen molar-refractivity contribution >= 4 is 11.5 Å². The topological polar surface area (TPSA) is 20.3 Å². The van der Waals surface area contributed by atoms with Crippen molar-refractivity contribution in [3.8, 4) is 0 Å². The molecule has 2 rings (SSSR count). The third kappa shape index (κ3) is 3.82. The zero-order valence-corrected chi connectivity index (χ0v) is 12.2. The largest absolute Gasteiger partial charge is 0.374 e. The molecule has 104 valence electrons. The molecule has 0 aliphatic heterocycles. The number of nitrogens with zero attached hydrogens (tertiary/aromatic N) is 1. The fourth-order valence-corrected chi connectivity index (χ4v) is 2.85. The molecule has 1 atom stereocenters. The Kier molecular flexibility index (Phi) is 5.00. The average Bonchev–Trinajstić information content (AvgIpc) is 2.64. The van der Waals surface area contributed by atoms with E-state index in [4.69, 9.17) is 0 Å². The van der Waals surface area contributed by atoms with E-state index in [-0.39, 0.29) is 5.92 Å². The van der Waals surface area contributed by atoms with Gasteiger partial charge >= 0.3 is 0 Å². The maximum absolute atomic E-state index is 12.1. The summed E-state index contributed by atoms with van der Waals surface area (Å²) in [4.78, 5) is 14.3. The van der Waals surface area contributed by atoms with Crippen LogP contribution in [0, 0.1) is 5.92 Å². The molecule has 1 aromatic carbocycles. The molecule has 1 saturated carbocycles. The van der Waals surface area contributed by atoms with E-state index in [1.165, 1.54) is 24.1 Å². The molecule has 0 bridgehead atoms. The van der Waals surface area contributed by atoms with E-state index in [1.54, 1.807) is 0 Å². The van der Waals surface area contributed by atoms with Crippen LogP contribution in [0.1, 0.15) is 44.6 Å². The van der Waals surface area contributed by atoms with Gasteiger partial charge in [0.05, 0.1) is 0 Å². The summed E-state index contributed by atoms with van der Waals surface area (Å²) in [6, 6.07) is 8.70. The first-order valence-corrected chi connectivity index (χ1v) is 7.53. The number of ketones is 1. The summed E-state index contributed by atoms with van der Waals surface area (Å²) in [6.45, 7) is 3.03. The molecule has 0 aromatic heterocycles. The van der Waals surface area contributed by atoms with Crippen molar-refractivity contribution < 1.29 is 4.79 Å². The molecule has 0 spiro atoms. The minimum atomic E-state index is 0.235. The molecule has 1 aromatic rings. The molecule has 2 nitrogen and oxygen atoms in total. The Bertz CT molecular complexity index is 410. The lowest BCUT2D eigenvalue weighted by atomic mass is 9.98. The Balaban J connectivity index is 1.98. The molecule has 1 unspecified atom stereocenters. The van der Waals surface area contributed by atoms with Gasteiger partial charge in [-0.25, -0.2) is 0 Å². The van der Waals surface area contributed by atoms with Crippen LogP contribution in [-0.2, 0) is 11.2 Å². The molecule has 1 fully saturated rings. The molecular formula is C17H25NO. The lowest BCUT2D eigenvalue weighted by Gasteiger charge is -2.24. The minimum Gasteiger partial charge on any atom is -0.374 e. The first-order chi connectivity index (χ1) is 9.20. The highest BCUT2D eigenvalue weighted by Crippen LogP contribution is 2.23. The van der Waals surface area contributed by atoms with Crippen molar-refractivity contribution in [1.82, 2.24) is 0 Å². The van der Waals surface area contributed by atoms with E-state index in [9.17, 15) is 4.79 Å². The maximum Gasteiger partial charge on any atom is 0.137 e. The number of carbonyl (C=O) groups excluding carboxylic acids is 1. The van der Waals surface area contributed by atoms with Gasteiger partial charge in [-0.3, -0.25) is 4.79 Å². The zero-order valence-electron chi connectivity index (χ0n) is 12.2. The Morgan fingerprint density at radius 2 is 1.89 bits per heavy atom. The second-order valence-corrected chi connectivity index (χ2v) is 5.66. The van der Waals surface area contributed by atoms with Gasteiger partial charge in [-0.1, -0.05) is 31.9 Å². The summed E-state index contributed by atoms with van der Waals surface area (Å²) in [5, 5.41) is 0. The number of Topliss-reactive ketones (excluding diaryl/α,β-unsaturated/α-hetero) is 1. The number of rotatable bonds is 4. The first kappa shape index (κ1) is 14.1. The minimum absolute atomic E-state index is 0.235. The summed E-state index contributed by atoms with van der Waals surface area (Å²) in [5.41, 5.74) is 2.58. The summed E-state index contributed by atoms with van der Waals surface area (Å²) < 4.78 is 0. The monoisotopic (exact) mass is 259 g/mol. The Morgan fingerprint density at radius 3 is 2.58 bits per heavy atom. The number of carbonyl (C=O) groups is 1. The van der Waals surface area contributed by atoms with Gasteiger partial charge in [-0.05, 0) is 37.0 Å². The van der Waals surface area contributed by atoms with E-state index in [1.807, 2.05) is 0 Å². The Labute approximate surface area is 116 Å². The number of benzene rings is 1. The Morgan fingerprint density at radius 1 is 1.16 bits per heavy atom. The van der Waals surface area contributed by atoms with Crippen molar-refractivity contribution in [3.63, 3.8) is 0 Å².